The zero-order chi connectivity index (χ0) is 13.7. The quantitative estimate of drug-likeness (QED) is 0.821. The molecule has 0 aromatic heterocycles. The molecule has 0 aliphatic heterocycles. The molecular weight excluding hydrogens is 238 g/mol. The fourth-order valence-electron chi connectivity index (χ4n) is 1.36. The largest absolute Gasteiger partial charge is 0.496 e. The molecule has 1 atom stereocenters. The number of carbonyl (C=O) groups is 1. The van der Waals surface area contributed by atoms with Crippen LogP contribution < -0.4 is 19.5 Å². The van der Waals surface area contributed by atoms with Crippen molar-refractivity contribution in [2.75, 3.05) is 26.6 Å². The highest BCUT2D eigenvalue weighted by Gasteiger charge is 2.17. The van der Waals surface area contributed by atoms with Crippen molar-refractivity contribution in [2.45, 2.75) is 13.0 Å². The summed E-state index contributed by atoms with van der Waals surface area (Å²) in [5, 5.41) is 11.7. The van der Waals surface area contributed by atoms with Crippen molar-refractivity contribution in [1.82, 2.24) is 0 Å². The molecule has 1 unspecified atom stereocenters. The second kappa shape index (κ2) is 6.11. The van der Waals surface area contributed by atoms with Crippen LogP contribution in [-0.4, -0.2) is 38.4 Å². The molecule has 0 fully saturated rings. The predicted molar refractivity (Wildman–Crippen MR) is 66.4 cm³/mol. The minimum absolute atomic E-state index is 0.353. The van der Waals surface area contributed by atoms with E-state index in [2.05, 4.69) is 5.32 Å². The van der Waals surface area contributed by atoms with E-state index in [1.165, 1.54) is 28.3 Å². The number of ether oxygens (including phenoxy) is 3. The Balaban J connectivity index is 3.18. The topological polar surface area (TPSA) is 77.0 Å². The zero-order valence-corrected chi connectivity index (χ0v) is 10.8. The number of hydrogen-bond acceptors (Lipinski definition) is 5. The molecule has 2 N–H and O–H groups in total. The Bertz CT molecular complexity index is 405. The maximum absolute atomic E-state index is 11.5. The third-order valence-corrected chi connectivity index (χ3v) is 2.34. The summed E-state index contributed by atoms with van der Waals surface area (Å²) < 4.78 is 15.4. The number of methoxy groups -OCH3 is 3. The molecule has 6 nitrogen and oxygen atoms in total. The van der Waals surface area contributed by atoms with Gasteiger partial charge in [-0.15, -0.1) is 0 Å². The lowest BCUT2D eigenvalue weighted by Crippen LogP contribution is -2.25. The van der Waals surface area contributed by atoms with Gasteiger partial charge >= 0.3 is 0 Å². The minimum atomic E-state index is -1.12. The molecule has 100 valence electrons. The van der Waals surface area contributed by atoms with E-state index in [9.17, 15) is 9.90 Å². The van der Waals surface area contributed by atoms with E-state index >= 15 is 0 Å². The molecule has 0 saturated carbocycles. The number of amides is 1. The van der Waals surface area contributed by atoms with Gasteiger partial charge in [0.05, 0.1) is 21.3 Å². The van der Waals surface area contributed by atoms with E-state index in [4.69, 9.17) is 14.2 Å². The number of benzene rings is 1. The molecule has 1 aromatic rings. The molecule has 0 radical (unpaired) electrons. The Morgan fingerprint density at radius 3 is 2.00 bits per heavy atom. The first-order valence-electron chi connectivity index (χ1n) is 5.32. The van der Waals surface area contributed by atoms with Crippen molar-refractivity contribution in [3.05, 3.63) is 12.1 Å². The number of hydrogen-bond donors (Lipinski definition) is 2. The second-order valence-corrected chi connectivity index (χ2v) is 3.57. The number of aliphatic hydroxyl groups excluding tert-OH is 1. The van der Waals surface area contributed by atoms with Gasteiger partial charge in [0.15, 0.2) is 0 Å². The summed E-state index contributed by atoms with van der Waals surface area (Å²) in [4.78, 5) is 11.5. The predicted octanol–water partition coefficient (Wildman–Crippen LogP) is 1.03. The van der Waals surface area contributed by atoms with E-state index in [-0.39, 0.29) is 0 Å². The molecule has 0 spiro atoms. The lowest BCUT2D eigenvalue weighted by Gasteiger charge is -2.16. The molecule has 6 heteroatoms. The summed E-state index contributed by atoms with van der Waals surface area (Å²) in [5.41, 5.74) is 0.353. The number of rotatable bonds is 5. The third kappa shape index (κ3) is 3.04. The molecule has 0 heterocycles. The van der Waals surface area contributed by atoms with Crippen LogP contribution in [0, 0.1) is 0 Å². The average Bonchev–Trinajstić information content (AvgIpc) is 2.38. The first-order chi connectivity index (χ1) is 8.53. The average molecular weight is 255 g/mol. The van der Waals surface area contributed by atoms with Crippen LogP contribution in [0.1, 0.15) is 6.92 Å². The highest BCUT2D eigenvalue weighted by molar-refractivity contribution is 5.96. The van der Waals surface area contributed by atoms with Gasteiger partial charge in [-0.3, -0.25) is 4.79 Å². The third-order valence-electron chi connectivity index (χ3n) is 2.34. The number of nitrogens with one attached hydrogen (secondary N) is 1. The lowest BCUT2D eigenvalue weighted by molar-refractivity contribution is -0.123. The van der Waals surface area contributed by atoms with Gasteiger partial charge in [0.25, 0.3) is 5.91 Å². The number of anilines is 1. The molecule has 1 amide bonds. The van der Waals surface area contributed by atoms with Crippen LogP contribution in [0.3, 0.4) is 0 Å². The standard InChI is InChI=1S/C12H17NO5/c1-7(14)12(15)13-11-9(17-3)5-8(16-2)6-10(11)18-4/h5-7,14H,1-4H3,(H,13,15). The summed E-state index contributed by atoms with van der Waals surface area (Å²) in [5.74, 6) is 0.774. The summed E-state index contributed by atoms with van der Waals surface area (Å²) in [6.45, 7) is 1.37. The van der Waals surface area contributed by atoms with E-state index in [0.717, 1.165) is 0 Å². The van der Waals surface area contributed by atoms with Gasteiger partial charge in [-0.05, 0) is 6.92 Å². The summed E-state index contributed by atoms with van der Waals surface area (Å²) >= 11 is 0. The summed E-state index contributed by atoms with van der Waals surface area (Å²) in [6, 6.07) is 3.22. The van der Waals surface area contributed by atoms with Crippen LogP contribution in [0.2, 0.25) is 0 Å². The van der Waals surface area contributed by atoms with Crippen molar-refractivity contribution in [2.24, 2.45) is 0 Å². The monoisotopic (exact) mass is 255 g/mol. The Hall–Kier alpha value is -1.95. The van der Waals surface area contributed by atoms with E-state index in [0.29, 0.717) is 22.9 Å². The van der Waals surface area contributed by atoms with Gasteiger partial charge in [0, 0.05) is 12.1 Å². The van der Waals surface area contributed by atoms with Crippen LogP contribution >= 0.6 is 0 Å². The maximum atomic E-state index is 11.5. The maximum Gasteiger partial charge on any atom is 0.253 e. The molecule has 0 aliphatic carbocycles. The summed E-state index contributed by atoms with van der Waals surface area (Å²) in [7, 11) is 4.45. The first kappa shape index (κ1) is 14.1. The van der Waals surface area contributed by atoms with Gasteiger partial charge in [-0.1, -0.05) is 0 Å². The Kier molecular flexibility index (Phi) is 4.79. The van der Waals surface area contributed by atoms with Crippen LogP contribution in [0.4, 0.5) is 5.69 Å². The smallest absolute Gasteiger partial charge is 0.253 e. The molecular formula is C12H17NO5. The highest BCUT2D eigenvalue weighted by Crippen LogP contribution is 2.38. The highest BCUT2D eigenvalue weighted by atomic mass is 16.5. The lowest BCUT2D eigenvalue weighted by atomic mass is 10.2. The van der Waals surface area contributed by atoms with Crippen molar-refractivity contribution < 1.29 is 24.1 Å². The molecule has 1 rings (SSSR count). The first-order valence-corrected chi connectivity index (χ1v) is 5.32. The summed E-state index contributed by atoms with van der Waals surface area (Å²) in [6.07, 6.45) is -1.12. The van der Waals surface area contributed by atoms with Crippen molar-refractivity contribution >= 4 is 11.6 Å². The normalized spacial score (nSPS) is 11.6. The van der Waals surface area contributed by atoms with Gasteiger partial charge in [0.1, 0.15) is 29.0 Å². The SMILES string of the molecule is COc1cc(OC)c(NC(=O)C(C)O)c(OC)c1. The van der Waals surface area contributed by atoms with Crippen molar-refractivity contribution in [3.63, 3.8) is 0 Å². The Morgan fingerprint density at radius 2 is 1.67 bits per heavy atom. The van der Waals surface area contributed by atoms with Gasteiger partial charge < -0.3 is 24.6 Å². The van der Waals surface area contributed by atoms with Crippen LogP contribution in [0.15, 0.2) is 12.1 Å². The second-order valence-electron chi connectivity index (χ2n) is 3.57. The Morgan fingerprint density at radius 1 is 1.17 bits per heavy atom. The molecule has 0 saturated heterocycles. The van der Waals surface area contributed by atoms with Gasteiger partial charge in [-0.25, -0.2) is 0 Å². The van der Waals surface area contributed by atoms with Crippen LogP contribution in [0.25, 0.3) is 0 Å². The van der Waals surface area contributed by atoms with Gasteiger partial charge in [-0.2, -0.15) is 0 Å². The number of carbonyl (C=O) groups excluding carboxylic acids is 1. The van der Waals surface area contributed by atoms with Crippen LogP contribution in [-0.2, 0) is 4.79 Å². The van der Waals surface area contributed by atoms with Crippen LogP contribution in [0.5, 0.6) is 17.2 Å². The zero-order valence-electron chi connectivity index (χ0n) is 10.8. The fourth-order valence-corrected chi connectivity index (χ4v) is 1.36. The van der Waals surface area contributed by atoms with Gasteiger partial charge in [0.2, 0.25) is 0 Å². The molecule has 0 aliphatic rings. The number of aliphatic hydroxyl groups is 1. The molecule has 18 heavy (non-hydrogen) atoms. The fraction of sp³-hybridized carbons (Fsp3) is 0.417. The Labute approximate surface area is 105 Å². The molecule has 1 aromatic carbocycles. The van der Waals surface area contributed by atoms with E-state index in [1.807, 2.05) is 0 Å². The minimum Gasteiger partial charge on any atom is -0.496 e. The van der Waals surface area contributed by atoms with E-state index < -0.39 is 12.0 Å². The van der Waals surface area contributed by atoms with E-state index in [1.54, 1.807) is 12.1 Å². The molecule has 0 bridgehead atoms. The van der Waals surface area contributed by atoms with Crippen molar-refractivity contribution in [1.29, 1.82) is 0 Å². The van der Waals surface area contributed by atoms with Crippen molar-refractivity contribution in [3.8, 4) is 17.2 Å².